The summed E-state index contributed by atoms with van der Waals surface area (Å²) >= 11 is 0. The molecule has 0 radical (unpaired) electrons. The van der Waals surface area contributed by atoms with E-state index in [0.717, 1.165) is 47.1 Å². The number of esters is 6. The van der Waals surface area contributed by atoms with Crippen molar-refractivity contribution in [3.63, 3.8) is 0 Å². The summed E-state index contributed by atoms with van der Waals surface area (Å²) in [5.41, 5.74) is 0.797. The molecule has 23 nitrogen and oxygen atoms in total. The second-order valence-corrected chi connectivity index (χ2v) is 13.2. The van der Waals surface area contributed by atoms with E-state index in [1.807, 2.05) is 18.2 Å². The van der Waals surface area contributed by atoms with Gasteiger partial charge in [-0.2, -0.15) is 0 Å². The molecule has 0 spiro atoms. The lowest BCUT2D eigenvalue weighted by molar-refractivity contribution is -0.368. The zero-order valence-electron chi connectivity index (χ0n) is 34.7. The first kappa shape index (κ1) is 49.7. The van der Waals surface area contributed by atoms with Crippen LogP contribution in [0.3, 0.4) is 0 Å². The predicted octanol–water partition coefficient (Wildman–Crippen LogP) is 0.359. The van der Waals surface area contributed by atoms with Gasteiger partial charge in [0.25, 0.3) is 0 Å². The zero-order valence-corrected chi connectivity index (χ0v) is 34.7. The van der Waals surface area contributed by atoms with Gasteiger partial charge in [0.2, 0.25) is 0 Å². The summed E-state index contributed by atoms with van der Waals surface area (Å²) in [4.78, 5) is 98.4. The van der Waals surface area contributed by atoms with Gasteiger partial charge in [0.1, 0.15) is 32.0 Å². The molecule has 2 aliphatic rings. The lowest BCUT2D eigenvalue weighted by Crippen LogP contribution is -2.67. The van der Waals surface area contributed by atoms with Crippen LogP contribution in [-0.2, 0) is 97.0 Å². The fourth-order valence-electron chi connectivity index (χ4n) is 5.92. The fourth-order valence-corrected chi connectivity index (χ4v) is 5.92. The molecular weight excluding hydrogens is 820 g/mol. The van der Waals surface area contributed by atoms with Crippen molar-refractivity contribution in [2.24, 2.45) is 0 Å². The van der Waals surface area contributed by atoms with E-state index in [2.05, 4.69) is 10.6 Å². The highest BCUT2D eigenvalue weighted by atomic mass is 16.8. The molecule has 61 heavy (non-hydrogen) atoms. The lowest BCUT2D eigenvalue weighted by Gasteiger charge is -2.48. The van der Waals surface area contributed by atoms with Crippen LogP contribution in [0.15, 0.2) is 30.3 Å². The maximum absolute atomic E-state index is 12.7. The van der Waals surface area contributed by atoms with Crippen molar-refractivity contribution in [1.29, 1.82) is 0 Å². The molecule has 2 amide bonds. The highest BCUT2D eigenvalue weighted by Crippen LogP contribution is 2.35. The van der Waals surface area contributed by atoms with Gasteiger partial charge in [0.05, 0.1) is 19.8 Å². The zero-order chi connectivity index (χ0) is 45.1. The fraction of sp³-hybridized carbons (Fsp3) is 0.632. The molecule has 0 aromatic heterocycles. The second-order valence-electron chi connectivity index (χ2n) is 13.2. The van der Waals surface area contributed by atoms with Crippen molar-refractivity contribution in [1.82, 2.24) is 10.6 Å². The minimum atomic E-state index is -1.87. The van der Waals surface area contributed by atoms with Gasteiger partial charge in [-0.15, -0.1) is 0 Å². The normalized spacial score (nSPS) is 25.7. The molecule has 340 valence electrons. The Morgan fingerprint density at radius 2 is 1.05 bits per heavy atom. The van der Waals surface area contributed by atoms with E-state index in [1.165, 1.54) is 7.05 Å². The maximum atomic E-state index is 12.7. The number of carbonyl (C=O) groups excluding carboxylic acids is 8. The third kappa shape index (κ3) is 17.1. The Morgan fingerprint density at radius 1 is 0.541 bits per heavy atom. The van der Waals surface area contributed by atoms with Gasteiger partial charge in [-0.3, -0.25) is 28.8 Å². The van der Waals surface area contributed by atoms with Crippen molar-refractivity contribution >= 4 is 48.0 Å². The van der Waals surface area contributed by atoms with Gasteiger partial charge in [-0.1, -0.05) is 30.3 Å². The van der Waals surface area contributed by atoms with Crippen LogP contribution in [-0.4, -0.2) is 156 Å². The summed E-state index contributed by atoms with van der Waals surface area (Å²) in [5.74, 6) is -5.14. The van der Waals surface area contributed by atoms with Crippen molar-refractivity contribution in [3.05, 3.63) is 35.9 Å². The molecular formula is C38H52N2O21. The van der Waals surface area contributed by atoms with Gasteiger partial charge >= 0.3 is 48.0 Å². The van der Waals surface area contributed by atoms with E-state index < -0.39 is 123 Å². The SMILES string of the molecule is CNC(=O)O[C@H]1[C@H](OC(C)=O)[C@@H](O[C@@H]2C(OCCOCCNC(=O)OCc3ccccc3)O[C@@H](COC(C)=O)[C@@H](OC(C)=O)[C@@H]2OC(C)=O)O[C@H](COC(C)=O)[C@H]1OC(C)=O. The first-order valence-corrected chi connectivity index (χ1v) is 18.9. The number of nitrogens with one attached hydrogen (secondary N) is 2. The molecule has 0 aliphatic carbocycles. The number of rotatable bonds is 20. The summed E-state index contributed by atoms with van der Waals surface area (Å²) in [6.07, 6.45) is -18.0. The molecule has 2 saturated heterocycles. The molecule has 0 bridgehead atoms. The van der Waals surface area contributed by atoms with Crippen molar-refractivity contribution < 1.29 is 99.9 Å². The Morgan fingerprint density at radius 3 is 1.57 bits per heavy atom. The van der Waals surface area contributed by atoms with Gasteiger partial charge in [0.15, 0.2) is 49.2 Å². The third-order valence-corrected chi connectivity index (χ3v) is 8.27. The molecule has 1 aromatic rings. The molecule has 2 heterocycles. The first-order chi connectivity index (χ1) is 29.0. The van der Waals surface area contributed by atoms with Crippen LogP contribution < -0.4 is 10.6 Å². The molecule has 1 aromatic carbocycles. The van der Waals surface area contributed by atoms with Crippen LogP contribution >= 0.6 is 0 Å². The molecule has 23 heteroatoms. The Kier molecular flexibility index (Phi) is 20.6. The topological polar surface area (TPSA) is 281 Å². The van der Waals surface area contributed by atoms with E-state index in [9.17, 15) is 38.4 Å². The first-order valence-electron chi connectivity index (χ1n) is 18.9. The van der Waals surface area contributed by atoms with Crippen molar-refractivity contribution in [2.75, 3.05) is 46.6 Å². The number of alkyl carbamates (subject to hydrolysis) is 2. The molecule has 2 fully saturated rings. The molecule has 2 N–H and O–H groups in total. The molecule has 1 unspecified atom stereocenters. The quantitative estimate of drug-likeness (QED) is 0.102. The van der Waals surface area contributed by atoms with E-state index in [-0.39, 0.29) is 33.0 Å². The van der Waals surface area contributed by atoms with E-state index in [0.29, 0.717) is 0 Å². The van der Waals surface area contributed by atoms with Crippen LogP contribution in [0.2, 0.25) is 0 Å². The number of hydrogen-bond donors (Lipinski definition) is 2. The van der Waals surface area contributed by atoms with Crippen molar-refractivity contribution in [3.8, 4) is 0 Å². The number of amides is 2. The molecule has 0 saturated carbocycles. The van der Waals surface area contributed by atoms with E-state index >= 15 is 0 Å². The third-order valence-electron chi connectivity index (χ3n) is 8.27. The van der Waals surface area contributed by atoms with Gasteiger partial charge < -0.3 is 72.2 Å². The largest absolute Gasteiger partial charge is 0.463 e. The minimum absolute atomic E-state index is 0.00878. The summed E-state index contributed by atoms with van der Waals surface area (Å²) < 4.78 is 73.3. The Labute approximate surface area is 350 Å². The van der Waals surface area contributed by atoms with Crippen LogP contribution in [0.25, 0.3) is 0 Å². The predicted molar refractivity (Wildman–Crippen MR) is 198 cm³/mol. The second kappa shape index (κ2) is 25.2. The highest BCUT2D eigenvalue weighted by molar-refractivity contribution is 5.70. The Balaban J connectivity index is 1.94. The summed E-state index contributed by atoms with van der Waals surface area (Å²) in [6.45, 7) is 4.94. The van der Waals surface area contributed by atoms with Gasteiger partial charge in [-0.25, -0.2) is 9.59 Å². The minimum Gasteiger partial charge on any atom is -0.463 e. The summed E-state index contributed by atoms with van der Waals surface area (Å²) in [7, 11) is 1.22. The molecule has 2 aliphatic heterocycles. The van der Waals surface area contributed by atoms with Crippen molar-refractivity contribution in [2.45, 2.75) is 110 Å². The van der Waals surface area contributed by atoms with Gasteiger partial charge in [-0.05, 0) is 5.56 Å². The smallest absolute Gasteiger partial charge is 0.407 e. The lowest BCUT2D eigenvalue weighted by atomic mass is 9.96. The number of hydrogen-bond acceptors (Lipinski definition) is 21. The Hall–Kier alpha value is -5.62. The monoisotopic (exact) mass is 872 g/mol. The Bertz CT molecular complexity index is 1640. The average molecular weight is 873 g/mol. The molecule has 10 atom stereocenters. The molecule has 3 rings (SSSR count). The summed E-state index contributed by atoms with van der Waals surface area (Å²) in [6, 6.07) is 9.05. The number of benzene rings is 1. The van der Waals surface area contributed by atoms with Crippen LogP contribution in [0.4, 0.5) is 9.59 Å². The van der Waals surface area contributed by atoms with E-state index in [4.69, 9.17) is 61.6 Å². The van der Waals surface area contributed by atoms with Crippen LogP contribution in [0.1, 0.15) is 47.1 Å². The van der Waals surface area contributed by atoms with E-state index in [1.54, 1.807) is 12.1 Å². The number of carbonyl (C=O) groups is 8. The standard InChI is InChI=1S/C38H52N2O21/c1-20(41)51-18-27-29(54-22(3)43)31(56-24(5)45)33(35(58-27)50-16-15-49-14-13-40-38(48)53-17-26-11-9-8-10-12-26)60-36-34(57-25(6)46)32(61-37(47)39-7)30(55-23(4)44)28(59-36)19-52-21(2)42/h8-12,27-36H,13-19H2,1-7H3,(H,39,47)(H,40,48)/t27-,28+,29+,30+,31-,32+,33-,34-,35?,36+/m0/s1. The summed E-state index contributed by atoms with van der Waals surface area (Å²) in [5, 5.41) is 4.78. The highest BCUT2D eigenvalue weighted by Gasteiger charge is 2.57. The number of ether oxygens (including phenoxy) is 13. The van der Waals surface area contributed by atoms with Crippen LogP contribution in [0, 0.1) is 0 Å². The van der Waals surface area contributed by atoms with Crippen LogP contribution in [0.5, 0.6) is 0 Å². The van der Waals surface area contributed by atoms with Gasteiger partial charge in [0, 0.05) is 55.1 Å². The maximum Gasteiger partial charge on any atom is 0.407 e. The average Bonchev–Trinajstić information content (AvgIpc) is 3.18.